The van der Waals surface area contributed by atoms with Crippen LogP contribution < -0.4 is 19.5 Å². The molecular weight excluding hydrogens is 326 g/mol. The summed E-state index contributed by atoms with van der Waals surface area (Å²) < 4.78 is 20.8. The van der Waals surface area contributed by atoms with Gasteiger partial charge in [0.05, 0.1) is 27.9 Å². The highest BCUT2D eigenvalue weighted by Crippen LogP contribution is 2.31. The van der Waals surface area contributed by atoms with Gasteiger partial charge in [0, 0.05) is 11.6 Å². The van der Waals surface area contributed by atoms with Gasteiger partial charge in [0.15, 0.2) is 11.5 Å². The molecule has 0 unspecified atom stereocenters. The number of benzene rings is 1. The second-order valence-electron chi connectivity index (χ2n) is 4.88. The number of nitrogens with one attached hydrogen (secondary N) is 1. The Morgan fingerprint density at radius 2 is 1.84 bits per heavy atom. The van der Waals surface area contributed by atoms with Crippen LogP contribution in [0.1, 0.15) is 5.89 Å². The molecule has 0 fully saturated rings. The van der Waals surface area contributed by atoms with E-state index in [9.17, 15) is 0 Å². The normalized spacial score (nSPS) is 10.4. The van der Waals surface area contributed by atoms with E-state index in [1.54, 1.807) is 39.5 Å². The zero-order valence-electron chi connectivity index (χ0n) is 14.0. The minimum Gasteiger partial charge on any atom is -0.493 e. The summed E-state index contributed by atoms with van der Waals surface area (Å²) >= 11 is 0. The number of ether oxygens (including phenoxy) is 3. The molecule has 2 aromatic heterocycles. The first kappa shape index (κ1) is 16.5. The molecular formula is C16H17N5O4. The van der Waals surface area contributed by atoms with Gasteiger partial charge in [-0.15, -0.1) is 0 Å². The standard InChI is InChI=1S/C16H17N5O4/c1-22-11-5-4-10(6-12(11)23-2)16-20-15(25-21-16)8-17-13-7-14(24-3)19-9-18-13/h4-7,9H,8H2,1-3H3,(H,17,18,19). The number of aromatic nitrogens is 4. The van der Waals surface area contributed by atoms with Crippen molar-refractivity contribution in [3.8, 4) is 28.8 Å². The summed E-state index contributed by atoms with van der Waals surface area (Å²) in [6.07, 6.45) is 1.41. The van der Waals surface area contributed by atoms with E-state index < -0.39 is 0 Å². The Balaban J connectivity index is 1.72. The van der Waals surface area contributed by atoms with Crippen LogP contribution in [0.25, 0.3) is 11.4 Å². The van der Waals surface area contributed by atoms with E-state index in [4.69, 9.17) is 18.7 Å². The van der Waals surface area contributed by atoms with Gasteiger partial charge in [-0.3, -0.25) is 0 Å². The van der Waals surface area contributed by atoms with Crippen molar-refractivity contribution in [1.29, 1.82) is 0 Å². The van der Waals surface area contributed by atoms with E-state index in [0.717, 1.165) is 5.56 Å². The second kappa shape index (κ2) is 7.47. The minimum absolute atomic E-state index is 0.320. The van der Waals surface area contributed by atoms with Crippen LogP contribution >= 0.6 is 0 Å². The molecule has 9 heteroatoms. The van der Waals surface area contributed by atoms with Crippen molar-refractivity contribution in [2.75, 3.05) is 26.6 Å². The Hall–Kier alpha value is -3.36. The van der Waals surface area contributed by atoms with Crippen LogP contribution in [0.15, 0.2) is 35.1 Å². The summed E-state index contributed by atoms with van der Waals surface area (Å²) in [4.78, 5) is 12.4. The van der Waals surface area contributed by atoms with Crippen molar-refractivity contribution in [2.24, 2.45) is 0 Å². The van der Waals surface area contributed by atoms with Crippen LogP contribution in [0.3, 0.4) is 0 Å². The fourth-order valence-electron chi connectivity index (χ4n) is 2.13. The minimum atomic E-state index is 0.320. The Labute approximate surface area is 144 Å². The molecule has 1 N–H and O–H groups in total. The van der Waals surface area contributed by atoms with Gasteiger partial charge in [0.1, 0.15) is 12.1 Å². The largest absolute Gasteiger partial charge is 0.493 e. The van der Waals surface area contributed by atoms with Crippen molar-refractivity contribution in [1.82, 2.24) is 20.1 Å². The SMILES string of the molecule is COc1cc(NCc2nc(-c3ccc(OC)c(OC)c3)no2)ncn1. The average Bonchev–Trinajstić information content (AvgIpc) is 3.15. The Bertz CT molecular complexity index is 852. The first-order valence-corrected chi connectivity index (χ1v) is 7.38. The number of nitrogens with zero attached hydrogens (tertiary/aromatic N) is 4. The monoisotopic (exact) mass is 343 g/mol. The van der Waals surface area contributed by atoms with Gasteiger partial charge in [0.2, 0.25) is 17.6 Å². The smallest absolute Gasteiger partial charge is 0.246 e. The molecule has 3 rings (SSSR count). The number of anilines is 1. The topological polar surface area (TPSA) is 104 Å². The van der Waals surface area contributed by atoms with Gasteiger partial charge < -0.3 is 24.1 Å². The second-order valence-corrected chi connectivity index (χ2v) is 4.88. The van der Waals surface area contributed by atoms with Crippen LogP contribution in [-0.2, 0) is 6.54 Å². The van der Waals surface area contributed by atoms with Crippen molar-refractivity contribution in [3.63, 3.8) is 0 Å². The van der Waals surface area contributed by atoms with Gasteiger partial charge in [-0.1, -0.05) is 5.16 Å². The Kier molecular flexibility index (Phi) is 4.93. The zero-order chi connectivity index (χ0) is 17.6. The molecule has 0 aliphatic heterocycles. The van der Waals surface area contributed by atoms with E-state index in [-0.39, 0.29) is 0 Å². The fourth-order valence-corrected chi connectivity index (χ4v) is 2.13. The molecule has 0 saturated carbocycles. The number of methoxy groups -OCH3 is 3. The molecule has 25 heavy (non-hydrogen) atoms. The highest BCUT2D eigenvalue weighted by Gasteiger charge is 2.12. The first-order chi connectivity index (χ1) is 12.2. The van der Waals surface area contributed by atoms with Crippen molar-refractivity contribution < 1.29 is 18.7 Å². The van der Waals surface area contributed by atoms with Gasteiger partial charge in [0.25, 0.3) is 0 Å². The lowest BCUT2D eigenvalue weighted by atomic mass is 10.2. The lowest BCUT2D eigenvalue weighted by Crippen LogP contribution is -2.02. The Morgan fingerprint density at radius 3 is 2.60 bits per heavy atom. The van der Waals surface area contributed by atoms with E-state index in [1.165, 1.54) is 6.33 Å². The number of rotatable bonds is 7. The molecule has 0 aliphatic carbocycles. The highest BCUT2D eigenvalue weighted by atomic mass is 16.5. The van der Waals surface area contributed by atoms with E-state index in [0.29, 0.717) is 41.5 Å². The third-order valence-electron chi connectivity index (χ3n) is 3.38. The van der Waals surface area contributed by atoms with Crippen LogP contribution in [-0.4, -0.2) is 41.4 Å². The zero-order valence-corrected chi connectivity index (χ0v) is 14.0. The lowest BCUT2D eigenvalue weighted by molar-refractivity contribution is 0.355. The van der Waals surface area contributed by atoms with Crippen LogP contribution in [0.2, 0.25) is 0 Å². The predicted molar refractivity (Wildman–Crippen MR) is 88.7 cm³/mol. The molecule has 1 aromatic carbocycles. The van der Waals surface area contributed by atoms with Crippen LogP contribution in [0, 0.1) is 0 Å². The maximum absolute atomic E-state index is 5.28. The summed E-state index contributed by atoms with van der Waals surface area (Å²) in [5, 5.41) is 7.05. The van der Waals surface area contributed by atoms with Crippen LogP contribution in [0.5, 0.6) is 17.4 Å². The molecule has 2 heterocycles. The maximum Gasteiger partial charge on any atom is 0.246 e. The summed E-state index contributed by atoms with van der Waals surface area (Å²) in [5.74, 6) is 3.17. The summed E-state index contributed by atoms with van der Waals surface area (Å²) in [6, 6.07) is 7.08. The molecule has 130 valence electrons. The quantitative estimate of drug-likeness (QED) is 0.691. The van der Waals surface area contributed by atoms with Crippen molar-refractivity contribution >= 4 is 5.82 Å². The van der Waals surface area contributed by atoms with Crippen molar-refractivity contribution in [2.45, 2.75) is 6.54 Å². The summed E-state index contributed by atoms with van der Waals surface area (Å²) in [6.45, 7) is 0.320. The molecule has 0 atom stereocenters. The fraction of sp³-hybridized carbons (Fsp3) is 0.250. The Morgan fingerprint density at radius 1 is 1.00 bits per heavy atom. The number of hydrogen-bond acceptors (Lipinski definition) is 9. The van der Waals surface area contributed by atoms with Crippen molar-refractivity contribution in [3.05, 3.63) is 36.5 Å². The van der Waals surface area contributed by atoms with E-state index in [1.807, 2.05) is 6.07 Å². The molecule has 0 spiro atoms. The molecule has 0 radical (unpaired) electrons. The number of hydrogen-bond donors (Lipinski definition) is 1. The van der Waals surface area contributed by atoms with Crippen LogP contribution in [0.4, 0.5) is 5.82 Å². The summed E-state index contributed by atoms with van der Waals surface area (Å²) in [5.41, 5.74) is 0.761. The molecule has 9 nitrogen and oxygen atoms in total. The lowest BCUT2D eigenvalue weighted by Gasteiger charge is -2.07. The molecule has 0 aliphatic rings. The first-order valence-electron chi connectivity index (χ1n) is 7.38. The van der Waals surface area contributed by atoms with Gasteiger partial charge in [-0.25, -0.2) is 9.97 Å². The summed E-state index contributed by atoms with van der Waals surface area (Å²) in [7, 11) is 4.69. The molecule has 0 amide bonds. The highest BCUT2D eigenvalue weighted by molar-refractivity contribution is 5.60. The van der Waals surface area contributed by atoms with E-state index >= 15 is 0 Å². The molecule has 3 aromatic rings. The predicted octanol–water partition coefficient (Wildman–Crippen LogP) is 2.16. The maximum atomic E-state index is 5.28. The third-order valence-corrected chi connectivity index (χ3v) is 3.38. The van der Waals surface area contributed by atoms with Gasteiger partial charge in [-0.05, 0) is 18.2 Å². The van der Waals surface area contributed by atoms with E-state index in [2.05, 4.69) is 25.4 Å². The average molecular weight is 343 g/mol. The molecule has 0 bridgehead atoms. The third kappa shape index (κ3) is 3.77. The molecule has 0 saturated heterocycles. The van der Waals surface area contributed by atoms with Gasteiger partial charge >= 0.3 is 0 Å². The van der Waals surface area contributed by atoms with Gasteiger partial charge in [-0.2, -0.15) is 4.98 Å².